The van der Waals surface area contributed by atoms with Gasteiger partial charge < -0.3 is 0 Å². The molecule has 1 heterocycles. The fourth-order valence-corrected chi connectivity index (χ4v) is 0.756. The zero-order valence-corrected chi connectivity index (χ0v) is 5.74. The maximum atomic E-state index is 12.6. The summed E-state index contributed by atoms with van der Waals surface area (Å²) in [6, 6.07) is 0. The highest BCUT2D eigenvalue weighted by molar-refractivity contribution is 5.37. The summed E-state index contributed by atoms with van der Waals surface area (Å²) < 4.78 is 12.6. The fourth-order valence-electron chi connectivity index (χ4n) is 0.756. The van der Waals surface area contributed by atoms with Gasteiger partial charge in [0.1, 0.15) is 0 Å². The zero-order chi connectivity index (χ0) is 8.43. The van der Waals surface area contributed by atoms with Gasteiger partial charge in [-0.25, -0.2) is 0 Å². The van der Waals surface area contributed by atoms with Crippen LogP contribution in [0.2, 0.25) is 0 Å². The molecule has 11 heavy (non-hydrogen) atoms. The predicted octanol–water partition coefficient (Wildman–Crippen LogP) is 1.44. The lowest BCUT2D eigenvalue weighted by molar-refractivity contribution is -0.388. The van der Waals surface area contributed by atoms with Gasteiger partial charge in [-0.3, -0.25) is 15.1 Å². The largest absolute Gasteiger partial charge is 0.310 e. The summed E-state index contributed by atoms with van der Waals surface area (Å²) in [5.41, 5.74) is -0.269. The van der Waals surface area contributed by atoms with E-state index in [0.29, 0.717) is 0 Å². The minimum atomic E-state index is -0.894. The number of pyridine rings is 1. The molecule has 4 nitrogen and oxygen atoms in total. The molecule has 0 bridgehead atoms. The van der Waals surface area contributed by atoms with Crippen LogP contribution in [-0.2, 0) is 0 Å². The first-order valence-corrected chi connectivity index (χ1v) is 2.87. The van der Waals surface area contributed by atoms with Crippen LogP contribution >= 0.6 is 0 Å². The quantitative estimate of drug-likeness (QED) is 0.456. The van der Waals surface area contributed by atoms with Crippen LogP contribution in [-0.4, -0.2) is 9.91 Å². The maximum absolute atomic E-state index is 12.6. The van der Waals surface area contributed by atoms with Gasteiger partial charge in [0.05, 0.1) is 11.1 Å². The van der Waals surface area contributed by atoms with E-state index >= 15 is 0 Å². The Morgan fingerprint density at radius 1 is 1.64 bits per heavy atom. The van der Waals surface area contributed by atoms with E-state index in [4.69, 9.17) is 0 Å². The molecule has 1 aromatic heterocycles. The molecule has 0 saturated carbocycles. The van der Waals surface area contributed by atoms with Crippen LogP contribution in [0.1, 0.15) is 5.56 Å². The first-order chi connectivity index (χ1) is 5.13. The van der Waals surface area contributed by atoms with Crippen LogP contribution in [0.15, 0.2) is 12.4 Å². The van der Waals surface area contributed by atoms with Crippen molar-refractivity contribution < 1.29 is 9.31 Å². The number of nitrogens with zero attached hydrogens (tertiary/aromatic N) is 2. The van der Waals surface area contributed by atoms with Crippen molar-refractivity contribution >= 4 is 5.69 Å². The standard InChI is InChI=1S/C6H5FN2O2/c1-4-2-8-3-5(7)6(4)9(10)11/h2-3H,1H3. The average Bonchev–Trinajstić information content (AvgIpc) is 1.85. The molecule has 58 valence electrons. The van der Waals surface area contributed by atoms with Gasteiger partial charge in [0, 0.05) is 11.8 Å². The minimum Gasteiger partial charge on any atom is -0.261 e. The fraction of sp³-hybridized carbons (Fsp3) is 0.167. The first-order valence-electron chi connectivity index (χ1n) is 2.87. The third-order valence-electron chi connectivity index (χ3n) is 1.24. The monoisotopic (exact) mass is 156 g/mol. The Kier molecular flexibility index (Phi) is 1.80. The number of aromatic nitrogens is 1. The molecule has 0 atom stereocenters. The summed E-state index contributed by atoms with van der Waals surface area (Å²) in [6.45, 7) is 1.44. The first kappa shape index (κ1) is 7.59. The minimum absolute atomic E-state index is 0.231. The third kappa shape index (κ3) is 1.31. The predicted molar refractivity (Wildman–Crippen MR) is 35.6 cm³/mol. The molecule has 0 aromatic carbocycles. The van der Waals surface area contributed by atoms with E-state index in [1.165, 1.54) is 13.1 Å². The summed E-state index contributed by atoms with van der Waals surface area (Å²) in [4.78, 5) is 12.9. The second-order valence-electron chi connectivity index (χ2n) is 2.04. The second-order valence-corrected chi connectivity index (χ2v) is 2.04. The third-order valence-corrected chi connectivity index (χ3v) is 1.24. The molecule has 0 fully saturated rings. The highest BCUT2D eigenvalue weighted by Gasteiger charge is 2.16. The van der Waals surface area contributed by atoms with Crippen molar-refractivity contribution in [2.45, 2.75) is 6.92 Å². The lowest BCUT2D eigenvalue weighted by Crippen LogP contribution is -1.96. The Bertz CT molecular complexity index is 280. The average molecular weight is 156 g/mol. The van der Waals surface area contributed by atoms with E-state index in [2.05, 4.69) is 4.98 Å². The molecule has 0 spiro atoms. The van der Waals surface area contributed by atoms with Gasteiger partial charge in [-0.05, 0) is 6.92 Å². The number of halogens is 1. The van der Waals surface area contributed by atoms with Crippen LogP contribution in [0.25, 0.3) is 0 Å². The van der Waals surface area contributed by atoms with E-state index in [1.54, 1.807) is 0 Å². The second kappa shape index (κ2) is 2.61. The Morgan fingerprint density at radius 3 is 2.64 bits per heavy atom. The lowest BCUT2D eigenvalue weighted by Gasteiger charge is -1.94. The summed E-state index contributed by atoms with van der Waals surface area (Å²) in [6.07, 6.45) is 2.08. The summed E-state index contributed by atoms with van der Waals surface area (Å²) in [5.74, 6) is -0.894. The van der Waals surface area contributed by atoms with Crippen LogP contribution in [0.4, 0.5) is 10.1 Å². The van der Waals surface area contributed by atoms with E-state index in [0.717, 1.165) is 6.20 Å². The van der Waals surface area contributed by atoms with Crippen LogP contribution in [0.5, 0.6) is 0 Å². The Labute approximate surface area is 61.8 Å². The summed E-state index contributed by atoms with van der Waals surface area (Å²) >= 11 is 0. The molecular formula is C6H5FN2O2. The van der Waals surface area contributed by atoms with Gasteiger partial charge >= 0.3 is 5.69 Å². The Hall–Kier alpha value is -1.52. The number of hydrogen-bond donors (Lipinski definition) is 0. The molecule has 0 aliphatic heterocycles. The van der Waals surface area contributed by atoms with Gasteiger partial charge in [0.15, 0.2) is 0 Å². The van der Waals surface area contributed by atoms with E-state index in [-0.39, 0.29) is 5.56 Å². The van der Waals surface area contributed by atoms with Gasteiger partial charge in [0.25, 0.3) is 0 Å². The van der Waals surface area contributed by atoms with Crippen molar-refractivity contribution in [2.24, 2.45) is 0 Å². The molecule has 0 unspecified atom stereocenters. The lowest BCUT2D eigenvalue weighted by atomic mass is 10.2. The molecule has 0 amide bonds. The van der Waals surface area contributed by atoms with Crippen molar-refractivity contribution in [1.29, 1.82) is 0 Å². The van der Waals surface area contributed by atoms with Crippen molar-refractivity contribution in [3.8, 4) is 0 Å². The van der Waals surface area contributed by atoms with Crippen molar-refractivity contribution in [3.63, 3.8) is 0 Å². The van der Waals surface area contributed by atoms with Gasteiger partial charge in [-0.2, -0.15) is 4.39 Å². The molecule has 1 aromatic rings. The molecule has 5 heteroatoms. The van der Waals surface area contributed by atoms with E-state index in [9.17, 15) is 14.5 Å². The number of aryl methyl sites for hydroxylation is 1. The van der Waals surface area contributed by atoms with Crippen LogP contribution < -0.4 is 0 Å². The smallest absolute Gasteiger partial charge is 0.261 e. The zero-order valence-electron chi connectivity index (χ0n) is 5.74. The van der Waals surface area contributed by atoms with Crippen molar-refractivity contribution in [1.82, 2.24) is 4.98 Å². The summed E-state index contributed by atoms with van der Waals surface area (Å²) in [5, 5.41) is 10.2. The molecule has 0 saturated heterocycles. The number of hydrogen-bond acceptors (Lipinski definition) is 3. The maximum Gasteiger partial charge on any atom is 0.310 e. The van der Waals surface area contributed by atoms with Crippen LogP contribution in [0.3, 0.4) is 0 Å². The Morgan fingerprint density at radius 2 is 2.27 bits per heavy atom. The number of nitro groups is 1. The molecule has 0 N–H and O–H groups in total. The van der Waals surface area contributed by atoms with Crippen molar-refractivity contribution in [3.05, 3.63) is 33.9 Å². The highest BCUT2D eigenvalue weighted by Crippen LogP contribution is 2.19. The molecule has 0 radical (unpaired) electrons. The molecule has 0 aliphatic rings. The molecular weight excluding hydrogens is 151 g/mol. The molecule has 1 rings (SSSR count). The van der Waals surface area contributed by atoms with Gasteiger partial charge in [0.2, 0.25) is 5.82 Å². The van der Waals surface area contributed by atoms with E-state index in [1.807, 2.05) is 0 Å². The normalized spacial score (nSPS) is 9.64. The van der Waals surface area contributed by atoms with Gasteiger partial charge in [-0.1, -0.05) is 0 Å². The topological polar surface area (TPSA) is 56.0 Å². The van der Waals surface area contributed by atoms with Crippen LogP contribution in [0, 0.1) is 22.9 Å². The Balaban J connectivity index is 3.32. The molecule has 0 aliphatic carbocycles. The number of rotatable bonds is 1. The van der Waals surface area contributed by atoms with E-state index < -0.39 is 16.4 Å². The van der Waals surface area contributed by atoms with Gasteiger partial charge in [-0.15, -0.1) is 0 Å². The van der Waals surface area contributed by atoms with Crippen molar-refractivity contribution in [2.75, 3.05) is 0 Å². The summed E-state index contributed by atoms with van der Waals surface area (Å²) in [7, 11) is 0. The SMILES string of the molecule is Cc1cncc(F)c1[N+](=O)[O-]. The highest BCUT2D eigenvalue weighted by atomic mass is 19.1.